The Balaban J connectivity index is 2.01. The summed E-state index contributed by atoms with van der Waals surface area (Å²) in [4.78, 5) is 0. The third-order valence-corrected chi connectivity index (χ3v) is 2.92. The van der Waals surface area contributed by atoms with Crippen LogP contribution in [0.25, 0.3) is 0 Å². The van der Waals surface area contributed by atoms with Crippen LogP contribution in [0.5, 0.6) is 11.5 Å². The SMILES string of the molecule is Nc1cccc(O[PH](=O)Oc2cccc(N)c2)c1. The van der Waals surface area contributed by atoms with Crippen molar-refractivity contribution in [2.24, 2.45) is 0 Å². The highest BCUT2D eigenvalue weighted by Crippen LogP contribution is 2.31. The summed E-state index contributed by atoms with van der Waals surface area (Å²) in [6, 6.07) is 13.3. The summed E-state index contributed by atoms with van der Waals surface area (Å²) >= 11 is 0. The minimum Gasteiger partial charge on any atom is -0.418 e. The second-order valence-corrected chi connectivity index (χ2v) is 4.51. The zero-order valence-corrected chi connectivity index (χ0v) is 10.5. The molecule has 2 aromatic rings. The van der Waals surface area contributed by atoms with E-state index < -0.39 is 8.25 Å². The topological polar surface area (TPSA) is 87.6 Å². The molecule has 0 bridgehead atoms. The Kier molecular flexibility index (Phi) is 3.75. The molecular formula is C12H13N2O3P. The van der Waals surface area contributed by atoms with Crippen molar-refractivity contribution in [3.63, 3.8) is 0 Å². The van der Waals surface area contributed by atoms with Crippen LogP contribution in [0.2, 0.25) is 0 Å². The zero-order chi connectivity index (χ0) is 13.0. The number of anilines is 2. The minimum atomic E-state index is -2.69. The molecule has 2 rings (SSSR count). The molecule has 0 aliphatic rings. The van der Waals surface area contributed by atoms with Crippen LogP contribution < -0.4 is 20.5 Å². The molecule has 0 aliphatic heterocycles. The van der Waals surface area contributed by atoms with E-state index in [9.17, 15) is 4.57 Å². The van der Waals surface area contributed by atoms with Crippen LogP contribution in [-0.2, 0) is 4.57 Å². The Morgan fingerprint density at radius 3 is 1.67 bits per heavy atom. The van der Waals surface area contributed by atoms with Gasteiger partial charge in [-0.15, -0.1) is 0 Å². The number of hydrogen-bond acceptors (Lipinski definition) is 5. The molecule has 18 heavy (non-hydrogen) atoms. The second kappa shape index (κ2) is 5.47. The van der Waals surface area contributed by atoms with Gasteiger partial charge in [0.25, 0.3) is 0 Å². The molecule has 2 aromatic carbocycles. The first-order chi connectivity index (χ1) is 8.63. The third-order valence-electron chi connectivity index (χ3n) is 2.12. The van der Waals surface area contributed by atoms with Gasteiger partial charge in [-0.25, -0.2) is 4.57 Å². The maximum absolute atomic E-state index is 11.7. The summed E-state index contributed by atoms with van der Waals surface area (Å²) in [7, 11) is -2.69. The van der Waals surface area contributed by atoms with E-state index in [1.807, 2.05) is 0 Å². The fourth-order valence-electron chi connectivity index (χ4n) is 1.37. The summed E-state index contributed by atoms with van der Waals surface area (Å²) in [6.45, 7) is 0. The molecule has 4 N–H and O–H groups in total. The van der Waals surface area contributed by atoms with Gasteiger partial charge in [-0.2, -0.15) is 0 Å². The molecular weight excluding hydrogens is 251 g/mol. The molecule has 0 amide bonds. The smallest absolute Gasteiger partial charge is 0.418 e. The van der Waals surface area contributed by atoms with E-state index in [0.29, 0.717) is 22.9 Å². The Labute approximate surface area is 105 Å². The van der Waals surface area contributed by atoms with Gasteiger partial charge in [0.2, 0.25) is 0 Å². The predicted molar refractivity (Wildman–Crippen MR) is 72.0 cm³/mol. The van der Waals surface area contributed by atoms with Crippen LogP contribution in [0.1, 0.15) is 0 Å². The van der Waals surface area contributed by atoms with Crippen LogP contribution in [-0.4, -0.2) is 0 Å². The van der Waals surface area contributed by atoms with E-state index in [0.717, 1.165) is 0 Å². The number of rotatable bonds is 4. The van der Waals surface area contributed by atoms with Crippen molar-refractivity contribution in [1.29, 1.82) is 0 Å². The van der Waals surface area contributed by atoms with Crippen molar-refractivity contribution >= 4 is 19.6 Å². The van der Waals surface area contributed by atoms with Crippen molar-refractivity contribution < 1.29 is 13.6 Å². The van der Waals surface area contributed by atoms with Gasteiger partial charge in [0.15, 0.2) is 0 Å². The average molecular weight is 264 g/mol. The highest BCUT2D eigenvalue weighted by molar-refractivity contribution is 7.34. The maximum Gasteiger partial charge on any atom is 0.418 e. The summed E-state index contributed by atoms with van der Waals surface area (Å²) in [5.41, 5.74) is 12.2. The van der Waals surface area contributed by atoms with Crippen LogP contribution in [0.3, 0.4) is 0 Å². The molecule has 0 fully saturated rings. The fraction of sp³-hybridized carbons (Fsp3) is 0. The Hall–Kier alpha value is -2.13. The van der Waals surface area contributed by atoms with Gasteiger partial charge in [-0.1, -0.05) is 12.1 Å². The quantitative estimate of drug-likeness (QED) is 0.654. The Morgan fingerprint density at radius 2 is 1.28 bits per heavy atom. The summed E-state index contributed by atoms with van der Waals surface area (Å²) < 4.78 is 21.9. The molecule has 94 valence electrons. The van der Waals surface area contributed by atoms with Crippen LogP contribution in [0.15, 0.2) is 48.5 Å². The number of nitrogen functional groups attached to an aromatic ring is 2. The summed E-state index contributed by atoms with van der Waals surface area (Å²) in [6.07, 6.45) is 0. The third kappa shape index (κ3) is 3.43. The zero-order valence-electron chi connectivity index (χ0n) is 9.50. The van der Waals surface area contributed by atoms with Gasteiger partial charge in [-0.3, -0.25) is 0 Å². The lowest BCUT2D eigenvalue weighted by Crippen LogP contribution is -1.91. The largest absolute Gasteiger partial charge is 0.418 e. The van der Waals surface area contributed by atoms with Gasteiger partial charge in [-0.05, 0) is 24.3 Å². The molecule has 6 heteroatoms. The highest BCUT2D eigenvalue weighted by atomic mass is 31.1. The van der Waals surface area contributed by atoms with E-state index >= 15 is 0 Å². The second-order valence-electron chi connectivity index (χ2n) is 3.60. The van der Waals surface area contributed by atoms with Gasteiger partial charge in [0.05, 0.1) is 0 Å². The van der Waals surface area contributed by atoms with Crippen LogP contribution in [0, 0.1) is 0 Å². The Bertz CT molecular complexity index is 525. The van der Waals surface area contributed by atoms with Crippen molar-refractivity contribution in [2.45, 2.75) is 0 Å². The maximum atomic E-state index is 11.7. The molecule has 0 saturated heterocycles. The lowest BCUT2D eigenvalue weighted by Gasteiger charge is -2.08. The van der Waals surface area contributed by atoms with Crippen molar-refractivity contribution in [3.05, 3.63) is 48.5 Å². The monoisotopic (exact) mass is 264 g/mol. The molecule has 0 aliphatic carbocycles. The normalized spacial score (nSPS) is 10.3. The summed E-state index contributed by atoms with van der Waals surface area (Å²) in [5, 5.41) is 0. The van der Waals surface area contributed by atoms with Gasteiger partial charge in [0.1, 0.15) is 11.5 Å². The van der Waals surface area contributed by atoms with Gasteiger partial charge in [0, 0.05) is 23.5 Å². The van der Waals surface area contributed by atoms with E-state index in [1.165, 1.54) is 0 Å². The van der Waals surface area contributed by atoms with E-state index in [4.69, 9.17) is 20.5 Å². The number of hydrogen-bond donors (Lipinski definition) is 2. The first kappa shape index (κ1) is 12.3. The van der Waals surface area contributed by atoms with Crippen molar-refractivity contribution in [1.82, 2.24) is 0 Å². The van der Waals surface area contributed by atoms with E-state index in [2.05, 4.69) is 0 Å². The van der Waals surface area contributed by atoms with Gasteiger partial charge < -0.3 is 20.5 Å². The van der Waals surface area contributed by atoms with Crippen LogP contribution >= 0.6 is 8.25 Å². The molecule has 0 unspecified atom stereocenters. The number of benzene rings is 2. The predicted octanol–water partition coefficient (Wildman–Crippen LogP) is 2.70. The molecule has 0 heterocycles. The minimum absolute atomic E-state index is 0.405. The molecule has 0 aromatic heterocycles. The van der Waals surface area contributed by atoms with Crippen molar-refractivity contribution in [3.8, 4) is 11.5 Å². The molecule has 0 spiro atoms. The lowest BCUT2D eigenvalue weighted by molar-refractivity contribution is 0.416. The van der Waals surface area contributed by atoms with E-state index in [1.54, 1.807) is 48.5 Å². The standard InChI is InChI=1S/C12H13N2O3P/c13-9-3-1-5-11(7-9)16-18(15)17-12-6-2-4-10(14)8-12/h1-8,18H,13-14H2. The molecule has 5 nitrogen and oxygen atoms in total. The van der Waals surface area contributed by atoms with Crippen LogP contribution in [0.4, 0.5) is 11.4 Å². The Morgan fingerprint density at radius 1 is 0.833 bits per heavy atom. The lowest BCUT2D eigenvalue weighted by atomic mass is 10.3. The molecule has 0 radical (unpaired) electrons. The van der Waals surface area contributed by atoms with Gasteiger partial charge >= 0.3 is 8.25 Å². The van der Waals surface area contributed by atoms with E-state index in [-0.39, 0.29) is 0 Å². The summed E-state index contributed by atoms with van der Waals surface area (Å²) in [5.74, 6) is 0.811. The highest BCUT2D eigenvalue weighted by Gasteiger charge is 2.04. The first-order valence-corrected chi connectivity index (χ1v) is 6.47. The number of nitrogens with two attached hydrogens (primary N) is 2. The first-order valence-electron chi connectivity index (χ1n) is 5.24. The average Bonchev–Trinajstić information content (AvgIpc) is 2.28. The van der Waals surface area contributed by atoms with Crippen molar-refractivity contribution in [2.75, 3.05) is 11.5 Å². The molecule has 0 saturated carbocycles. The fourth-order valence-corrected chi connectivity index (χ4v) is 2.05. The molecule has 0 atom stereocenters.